The summed E-state index contributed by atoms with van der Waals surface area (Å²) in [5.41, 5.74) is 0.532. The van der Waals surface area contributed by atoms with E-state index in [0.29, 0.717) is 26.3 Å². The molecular formula is C19H17F2N3O2. The molecule has 0 bridgehead atoms. The fourth-order valence-corrected chi connectivity index (χ4v) is 3.37. The van der Waals surface area contributed by atoms with E-state index in [-0.39, 0.29) is 27.9 Å². The average Bonchev–Trinajstić information content (AvgIpc) is 2.68. The van der Waals surface area contributed by atoms with Gasteiger partial charge in [-0.05, 0) is 30.3 Å². The molecule has 3 aromatic rings. The number of hydrogen-bond acceptors (Lipinski definition) is 5. The summed E-state index contributed by atoms with van der Waals surface area (Å²) in [5.74, 6) is -1.19. The van der Waals surface area contributed by atoms with Crippen LogP contribution in [0.1, 0.15) is 17.3 Å². The van der Waals surface area contributed by atoms with Gasteiger partial charge >= 0.3 is 0 Å². The van der Waals surface area contributed by atoms with E-state index < -0.39 is 17.7 Å². The van der Waals surface area contributed by atoms with Crippen molar-refractivity contribution in [1.82, 2.24) is 14.9 Å². The van der Waals surface area contributed by atoms with Crippen molar-refractivity contribution in [2.75, 3.05) is 26.3 Å². The number of fused-ring (bicyclic) bond motifs is 1. The number of benzene rings is 1. The minimum Gasteiger partial charge on any atom is -0.505 e. The number of aromatic hydroxyl groups is 1. The Balaban J connectivity index is 1.93. The number of hydrogen-bond donors (Lipinski definition) is 1. The molecule has 1 N–H and O–H groups in total. The van der Waals surface area contributed by atoms with E-state index in [2.05, 4.69) is 9.97 Å². The van der Waals surface area contributed by atoms with Crippen molar-refractivity contribution < 1.29 is 18.6 Å². The molecule has 0 amide bonds. The van der Waals surface area contributed by atoms with Gasteiger partial charge in [0.05, 0.1) is 24.9 Å². The van der Waals surface area contributed by atoms with Gasteiger partial charge in [0, 0.05) is 36.4 Å². The molecule has 26 heavy (non-hydrogen) atoms. The van der Waals surface area contributed by atoms with Gasteiger partial charge < -0.3 is 9.84 Å². The lowest BCUT2D eigenvalue weighted by atomic mass is 9.97. The first-order valence-electron chi connectivity index (χ1n) is 8.35. The summed E-state index contributed by atoms with van der Waals surface area (Å²) in [6, 6.07) is 6.46. The van der Waals surface area contributed by atoms with Crippen molar-refractivity contribution in [2.24, 2.45) is 0 Å². The summed E-state index contributed by atoms with van der Waals surface area (Å²) in [6.07, 6.45) is 2.97. The van der Waals surface area contributed by atoms with Crippen molar-refractivity contribution in [2.45, 2.75) is 6.04 Å². The van der Waals surface area contributed by atoms with Gasteiger partial charge in [0.2, 0.25) is 0 Å². The monoisotopic (exact) mass is 357 g/mol. The van der Waals surface area contributed by atoms with Crippen molar-refractivity contribution in [1.29, 1.82) is 0 Å². The largest absolute Gasteiger partial charge is 0.505 e. The molecule has 1 unspecified atom stereocenters. The van der Waals surface area contributed by atoms with Crippen LogP contribution in [0.25, 0.3) is 10.9 Å². The molecule has 1 aliphatic rings. The highest BCUT2D eigenvalue weighted by atomic mass is 19.1. The molecule has 5 nitrogen and oxygen atoms in total. The first kappa shape index (κ1) is 16.8. The Hall–Kier alpha value is -2.64. The molecule has 1 fully saturated rings. The number of ether oxygens (including phenoxy) is 1. The van der Waals surface area contributed by atoms with Crippen molar-refractivity contribution in [3.63, 3.8) is 0 Å². The van der Waals surface area contributed by atoms with Crippen molar-refractivity contribution in [3.8, 4) is 5.75 Å². The van der Waals surface area contributed by atoms with E-state index in [1.165, 1.54) is 30.6 Å². The summed E-state index contributed by atoms with van der Waals surface area (Å²) < 4.78 is 34.5. The minimum atomic E-state index is -0.735. The van der Waals surface area contributed by atoms with Crippen molar-refractivity contribution in [3.05, 3.63) is 65.6 Å². The fourth-order valence-electron chi connectivity index (χ4n) is 3.37. The Morgan fingerprint density at radius 1 is 1.04 bits per heavy atom. The number of phenolic OH excluding ortho intramolecular Hbond substituents is 1. The molecule has 4 rings (SSSR count). The second-order valence-electron chi connectivity index (χ2n) is 6.12. The molecule has 0 aliphatic carbocycles. The predicted molar refractivity (Wildman–Crippen MR) is 91.8 cm³/mol. The van der Waals surface area contributed by atoms with Gasteiger partial charge in [0.1, 0.15) is 22.9 Å². The molecule has 1 atom stereocenters. The summed E-state index contributed by atoms with van der Waals surface area (Å²) in [4.78, 5) is 10.2. The number of phenols is 1. The first-order valence-corrected chi connectivity index (χ1v) is 8.35. The fraction of sp³-hybridized carbons (Fsp3) is 0.263. The van der Waals surface area contributed by atoms with Gasteiger partial charge in [-0.3, -0.25) is 14.9 Å². The van der Waals surface area contributed by atoms with E-state index in [4.69, 9.17) is 4.74 Å². The zero-order valence-corrected chi connectivity index (χ0v) is 13.9. The van der Waals surface area contributed by atoms with Crippen LogP contribution in [0.3, 0.4) is 0 Å². The molecular weight excluding hydrogens is 340 g/mol. The van der Waals surface area contributed by atoms with Crippen molar-refractivity contribution >= 4 is 10.9 Å². The van der Waals surface area contributed by atoms with Crippen LogP contribution in [0.5, 0.6) is 5.75 Å². The summed E-state index contributed by atoms with van der Waals surface area (Å²) >= 11 is 0. The second kappa shape index (κ2) is 6.93. The maximum atomic E-state index is 14.7. The zero-order valence-electron chi connectivity index (χ0n) is 13.9. The van der Waals surface area contributed by atoms with E-state index in [1.807, 2.05) is 4.90 Å². The summed E-state index contributed by atoms with van der Waals surface area (Å²) in [6.45, 7) is 1.98. The van der Waals surface area contributed by atoms with Crippen LogP contribution in [0, 0.1) is 11.6 Å². The number of rotatable bonds is 3. The standard InChI is InChI=1S/C19H17F2N3O2/c20-14-4-2-6-23-17(14)18(24-7-9-26-10-8-24)13-11-15(21)12-3-1-5-22-16(12)19(13)25/h1-6,11,18,25H,7-10H2. The molecule has 1 aliphatic heterocycles. The van der Waals surface area contributed by atoms with E-state index >= 15 is 0 Å². The number of pyridine rings is 2. The quantitative estimate of drug-likeness (QED) is 0.781. The SMILES string of the molecule is Oc1c(C(c2ncccc2F)N2CCOCC2)cc(F)c2cccnc12. The molecule has 7 heteroatoms. The lowest BCUT2D eigenvalue weighted by Gasteiger charge is -2.34. The van der Waals surface area contributed by atoms with Crippen LogP contribution in [0.15, 0.2) is 42.7 Å². The van der Waals surface area contributed by atoms with Gasteiger partial charge in [-0.25, -0.2) is 8.78 Å². The molecule has 0 spiro atoms. The summed E-state index contributed by atoms with van der Waals surface area (Å²) in [7, 11) is 0. The average molecular weight is 357 g/mol. The maximum absolute atomic E-state index is 14.7. The predicted octanol–water partition coefficient (Wildman–Crippen LogP) is 3.04. The van der Waals surface area contributed by atoms with Crippen LogP contribution >= 0.6 is 0 Å². The normalized spacial score (nSPS) is 16.7. The highest BCUT2D eigenvalue weighted by Crippen LogP contribution is 2.39. The van der Waals surface area contributed by atoms with Gasteiger partial charge in [-0.1, -0.05) is 0 Å². The number of halogens is 2. The third kappa shape index (κ3) is 2.89. The molecule has 1 saturated heterocycles. The lowest BCUT2D eigenvalue weighted by Crippen LogP contribution is -2.40. The highest BCUT2D eigenvalue weighted by Gasteiger charge is 2.31. The molecule has 134 valence electrons. The number of aromatic nitrogens is 2. The first-order chi connectivity index (χ1) is 12.7. The van der Waals surface area contributed by atoms with E-state index in [1.54, 1.807) is 12.1 Å². The Morgan fingerprint density at radius 2 is 1.77 bits per heavy atom. The zero-order chi connectivity index (χ0) is 18.1. The van der Waals surface area contributed by atoms with Gasteiger partial charge in [0.15, 0.2) is 0 Å². The minimum absolute atomic E-state index is 0.138. The summed E-state index contributed by atoms with van der Waals surface area (Å²) in [5, 5.41) is 11.0. The van der Waals surface area contributed by atoms with Gasteiger partial charge in [-0.2, -0.15) is 0 Å². The Bertz CT molecular complexity index is 945. The number of nitrogens with zero attached hydrogens (tertiary/aromatic N) is 3. The molecule has 0 saturated carbocycles. The maximum Gasteiger partial charge on any atom is 0.147 e. The van der Waals surface area contributed by atoms with Crippen LogP contribution in [-0.4, -0.2) is 46.3 Å². The van der Waals surface area contributed by atoms with Crippen LogP contribution in [0.2, 0.25) is 0 Å². The number of morpholine rings is 1. The van der Waals surface area contributed by atoms with E-state index in [9.17, 15) is 13.9 Å². The second-order valence-corrected chi connectivity index (χ2v) is 6.12. The third-order valence-electron chi connectivity index (χ3n) is 4.60. The Morgan fingerprint density at radius 3 is 2.54 bits per heavy atom. The molecule has 1 aromatic carbocycles. The molecule has 3 heterocycles. The van der Waals surface area contributed by atoms with E-state index in [0.717, 1.165) is 0 Å². The lowest BCUT2D eigenvalue weighted by molar-refractivity contribution is 0.0221. The molecule has 2 aromatic heterocycles. The topological polar surface area (TPSA) is 58.5 Å². The smallest absolute Gasteiger partial charge is 0.147 e. The van der Waals surface area contributed by atoms with Crippen LogP contribution in [-0.2, 0) is 4.74 Å². The van der Waals surface area contributed by atoms with Gasteiger partial charge in [0.25, 0.3) is 0 Å². The molecule has 0 radical (unpaired) electrons. The van der Waals surface area contributed by atoms with Crippen LogP contribution < -0.4 is 0 Å². The van der Waals surface area contributed by atoms with Gasteiger partial charge in [-0.15, -0.1) is 0 Å². The third-order valence-corrected chi connectivity index (χ3v) is 4.60. The Labute approximate surface area is 148 Å². The Kier molecular flexibility index (Phi) is 4.48. The van der Waals surface area contributed by atoms with Crippen LogP contribution in [0.4, 0.5) is 8.78 Å². The highest BCUT2D eigenvalue weighted by molar-refractivity contribution is 5.86.